The van der Waals surface area contributed by atoms with Crippen molar-refractivity contribution in [3.05, 3.63) is 64.2 Å². The summed E-state index contributed by atoms with van der Waals surface area (Å²) in [4.78, 5) is 27.4. The summed E-state index contributed by atoms with van der Waals surface area (Å²) in [6, 6.07) is 7.26. The molecule has 0 bridgehead atoms. The van der Waals surface area contributed by atoms with Crippen LogP contribution in [0.25, 0.3) is 0 Å². The minimum Gasteiger partial charge on any atom is -0.319 e. The van der Waals surface area contributed by atoms with E-state index in [1.165, 1.54) is 6.33 Å². The maximum absolute atomic E-state index is 11.6. The quantitative estimate of drug-likeness (QED) is 0.538. The Bertz CT molecular complexity index is 864. The molecule has 3 aromatic rings. The Hall–Kier alpha value is -3.62. The molecule has 2 N–H and O–H groups in total. The van der Waals surface area contributed by atoms with Crippen LogP contribution in [-0.2, 0) is 0 Å². The van der Waals surface area contributed by atoms with Crippen molar-refractivity contribution >= 4 is 29.0 Å². The van der Waals surface area contributed by atoms with Gasteiger partial charge in [-0.05, 0) is 37.1 Å². The van der Waals surface area contributed by atoms with Crippen LogP contribution in [0.4, 0.5) is 29.0 Å². The number of hydrogen-bond acceptors (Lipinski definition) is 8. The van der Waals surface area contributed by atoms with Gasteiger partial charge in [-0.15, -0.1) is 0 Å². The highest BCUT2D eigenvalue weighted by Gasteiger charge is 2.24. The summed E-state index contributed by atoms with van der Waals surface area (Å²) in [6.07, 6.45) is 4.44. The van der Waals surface area contributed by atoms with Crippen LogP contribution in [0.15, 0.2) is 43.0 Å². The molecule has 0 atom stereocenters. The molecular formula is C16H15N7O2. The van der Waals surface area contributed by atoms with Crippen molar-refractivity contribution in [3.63, 3.8) is 0 Å². The monoisotopic (exact) mass is 337 g/mol. The predicted octanol–water partition coefficient (Wildman–Crippen LogP) is 3.28. The van der Waals surface area contributed by atoms with Crippen molar-refractivity contribution in [1.82, 2.24) is 19.9 Å². The minimum absolute atomic E-state index is 0.0536. The topological polar surface area (TPSA) is 119 Å². The summed E-state index contributed by atoms with van der Waals surface area (Å²) in [5.41, 5.74) is 1.40. The van der Waals surface area contributed by atoms with E-state index in [1.807, 2.05) is 26.0 Å². The van der Waals surface area contributed by atoms with Gasteiger partial charge in [0, 0.05) is 12.4 Å². The van der Waals surface area contributed by atoms with Gasteiger partial charge in [-0.2, -0.15) is 0 Å². The number of aromatic nitrogens is 4. The van der Waals surface area contributed by atoms with E-state index in [-0.39, 0.29) is 17.3 Å². The van der Waals surface area contributed by atoms with Gasteiger partial charge < -0.3 is 10.6 Å². The smallest absolute Gasteiger partial charge is 0.319 e. The number of nitrogens with zero attached hydrogens (tertiary/aromatic N) is 5. The SMILES string of the molecule is Cc1cccnc1Nc1ncnc(Nc2ncccc2C)c1[N+](=O)[O-]. The van der Waals surface area contributed by atoms with Crippen LogP contribution in [0.2, 0.25) is 0 Å². The first-order valence-electron chi connectivity index (χ1n) is 7.43. The highest BCUT2D eigenvalue weighted by atomic mass is 16.6. The summed E-state index contributed by atoms with van der Waals surface area (Å²) in [5, 5.41) is 17.4. The zero-order chi connectivity index (χ0) is 17.8. The summed E-state index contributed by atoms with van der Waals surface area (Å²) in [7, 11) is 0. The highest BCUT2D eigenvalue weighted by molar-refractivity contribution is 5.76. The first-order chi connectivity index (χ1) is 12.1. The number of anilines is 4. The Labute approximate surface area is 143 Å². The summed E-state index contributed by atoms with van der Waals surface area (Å²) >= 11 is 0. The molecule has 0 aromatic carbocycles. The van der Waals surface area contributed by atoms with Gasteiger partial charge in [0.15, 0.2) is 0 Å². The number of pyridine rings is 2. The summed E-state index contributed by atoms with van der Waals surface area (Å²) in [6.45, 7) is 3.69. The van der Waals surface area contributed by atoms with Gasteiger partial charge in [0.1, 0.15) is 18.0 Å². The Balaban J connectivity index is 2.02. The second-order valence-corrected chi connectivity index (χ2v) is 5.26. The van der Waals surface area contributed by atoms with Crippen molar-refractivity contribution in [3.8, 4) is 0 Å². The maximum Gasteiger partial charge on any atom is 0.354 e. The van der Waals surface area contributed by atoms with Crippen molar-refractivity contribution < 1.29 is 4.92 Å². The maximum atomic E-state index is 11.6. The molecule has 0 saturated heterocycles. The van der Waals surface area contributed by atoms with E-state index in [0.29, 0.717) is 11.6 Å². The Morgan fingerprint density at radius 2 is 1.32 bits per heavy atom. The molecule has 0 aliphatic rings. The molecule has 0 aliphatic carbocycles. The summed E-state index contributed by atoms with van der Waals surface area (Å²) < 4.78 is 0. The van der Waals surface area contributed by atoms with Crippen LogP contribution in [0.3, 0.4) is 0 Å². The molecule has 0 radical (unpaired) electrons. The summed E-state index contributed by atoms with van der Waals surface area (Å²) in [5.74, 6) is 1.09. The van der Waals surface area contributed by atoms with Gasteiger partial charge in [0.05, 0.1) is 4.92 Å². The van der Waals surface area contributed by atoms with Crippen molar-refractivity contribution in [2.24, 2.45) is 0 Å². The van der Waals surface area contributed by atoms with E-state index in [1.54, 1.807) is 24.5 Å². The second kappa shape index (κ2) is 6.87. The van der Waals surface area contributed by atoms with Crippen molar-refractivity contribution in [2.45, 2.75) is 13.8 Å². The second-order valence-electron chi connectivity index (χ2n) is 5.26. The van der Waals surface area contributed by atoms with Gasteiger partial charge in [-0.25, -0.2) is 19.9 Å². The molecule has 0 saturated carbocycles. The largest absolute Gasteiger partial charge is 0.354 e. The van der Waals surface area contributed by atoms with Crippen LogP contribution in [0, 0.1) is 24.0 Å². The number of rotatable bonds is 5. The molecule has 9 nitrogen and oxygen atoms in total. The molecule has 0 unspecified atom stereocenters. The highest BCUT2D eigenvalue weighted by Crippen LogP contribution is 2.33. The van der Waals surface area contributed by atoms with Crippen LogP contribution in [0.5, 0.6) is 0 Å². The van der Waals surface area contributed by atoms with Crippen LogP contribution in [0.1, 0.15) is 11.1 Å². The van der Waals surface area contributed by atoms with Gasteiger partial charge >= 0.3 is 5.69 Å². The number of nitrogens with one attached hydrogen (secondary N) is 2. The minimum atomic E-state index is -0.540. The zero-order valence-corrected chi connectivity index (χ0v) is 13.6. The number of hydrogen-bond donors (Lipinski definition) is 2. The predicted molar refractivity (Wildman–Crippen MR) is 93.2 cm³/mol. The molecule has 3 heterocycles. The Morgan fingerprint density at radius 3 is 1.72 bits per heavy atom. The normalized spacial score (nSPS) is 10.3. The van der Waals surface area contributed by atoms with Crippen LogP contribution >= 0.6 is 0 Å². The number of nitro groups is 1. The average Bonchev–Trinajstić information content (AvgIpc) is 2.59. The molecule has 0 amide bonds. The van der Waals surface area contributed by atoms with E-state index in [9.17, 15) is 10.1 Å². The fourth-order valence-corrected chi connectivity index (χ4v) is 2.19. The fourth-order valence-electron chi connectivity index (χ4n) is 2.19. The van der Waals surface area contributed by atoms with E-state index < -0.39 is 4.92 Å². The lowest BCUT2D eigenvalue weighted by Gasteiger charge is -2.11. The van der Waals surface area contributed by atoms with Crippen molar-refractivity contribution in [1.29, 1.82) is 0 Å². The van der Waals surface area contributed by atoms with E-state index in [4.69, 9.17) is 0 Å². The molecule has 126 valence electrons. The van der Waals surface area contributed by atoms with Crippen molar-refractivity contribution in [2.75, 3.05) is 10.6 Å². The first-order valence-corrected chi connectivity index (χ1v) is 7.43. The lowest BCUT2D eigenvalue weighted by atomic mass is 10.3. The van der Waals surface area contributed by atoms with Crippen LogP contribution in [-0.4, -0.2) is 24.9 Å². The average molecular weight is 337 g/mol. The molecule has 9 heteroatoms. The van der Waals surface area contributed by atoms with Gasteiger partial charge in [0.25, 0.3) is 0 Å². The molecule has 0 fully saturated rings. The number of aryl methyl sites for hydroxylation is 2. The van der Waals surface area contributed by atoms with E-state index >= 15 is 0 Å². The lowest BCUT2D eigenvalue weighted by Crippen LogP contribution is -2.07. The molecule has 0 spiro atoms. The third-order valence-electron chi connectivity index (χ3n) is 3.50. The standard InChI is InChI=1S/C16H15N7O2/c1-10-5-3-7-17-13(10)21-15-12(23(24)25)16(20-9-19-15)22-14-11(2)6-4-8-18-14/h3-9H,1-2H3,(H2,17,18,19,20,21,22). The van der Waals surface area contributed by atoms with Gasteiger partial charge in [-0.1, -0.05) is 12.1 Å². The molecule has 25 heavy (non-hydrogen) atoms. The fraction of sp³-hybridized carbons (Fsp3) is 0.125. The van der Waals surface area contributed by atoms with E-state index in [2.05, 4.69) is 30.6 Å². The first kappa shape index (κ1) is 16.2. The Morgan fingerprint density at radius 1 is 0.840 bits per heavy atom. The molecular weight excluding hydrogens is 322 g/mol. The Kier molecular flexibility index (Phi) is 4.46. The van der Waals surface area contributed by atoms with E-state index in [0.717, 1.165) is 11.1 Å². The molecule has 3 rings (SSSR count). The molecule has 3 aromatic heterocycles. The van der Waals surface area contributed by atoms with Gasteiger partial charge in [-0.3, -0.25) is 10.1 Å². The van der Waals surface area contributed by atoms with Crippen LogP contribution < -0.4 is 10.6 Å². The molecule has 0 aliphatic heterocycles. The lowest BCUT2D eigenvalue weighted by molar-refractivity contribution is -0.383. The third-order valence-corrected chi connectivity index (χ3v) is 3.50. The zero-order valence-electron chi connectivity index (χ0n) is 13.6. The third kappa shape index (κ3) is 3.50. The van der Waals surface area contributed by atoms with Gasteiger partial charge in [0.2, 0.25) is 11.6 Å².